The molecule has 90 valence electrons. The Morgan fingerprint density at radius 1 is 1.20 bits per heavy atom. The third-order valence-electron chi connectivity index (χ3n) is 2.37. The van der Waals surface area contributed by atoms with Crippen molar-refractivity contribution in [1.29, 1.82) is 0 Å². The van der Waals surface area contributed by atoms with Crippen molar-refractivity contribution in [3.05, 3.63) is 0 Å². The van der Waals surface area contributed by atoms with Crippen LogP contribution < -0.4 is 5.32 Å². The Morgan fingerprint density at radius 3 is 2.40 bits per heavy atom. The molecule has 1 atom stereocenters. The Balaban J connectivity index is 3.49. The van der Waals surface area contributed by atoms with Gasteiger partial charge in [0.2, 0.25) is 5.91 Å². The van der Waals surface area contributed by atoms with Crippen LogP contribution >= 0.6 is 15.9 Å². The monoisotopic (exact) mass is 277 g/mol. The lowest BCUT2D eigenvalue weighted by Gasteiger charge is -2.14. The molecule has 1 amide bonds. The number of hydrogen-bond donors (Lipinski definition) is 1. The fourth-order valence-corrected chi connectivity index (χ4v) is 1.78. The number of alkyl halides is 1. The fraction of sp³-hybridized carbons (Fsp3) is 0.917. The van der Waals surface area contributed by atoms with E-state index in [1.807, 2.05) is 0 Å². The maximum atomic E-state index is 11.4. The summed E-state index contributed by atoms with van der Waals surface area (Å²) in [5.41, 5.74) is 0. The molecule has 0 saturated heterocycles. The van der Waals surface area contributed by atoms with E-state index < -0.39 is 0 Å². The van der Waals surface area contributed by atoms with Gasteiger partial charge in [0, 0.05) is 17.8 Å². The summed E-state index contributed by atoms with van der Waals surface area (Å²) in [6.45, 7) is 6.51. The van der Waals surface area contributed by atoms with Crippen LogP contribution in [-0.2, 0) is 4.79 Å². The summed E-state index contributed by atoms with van der Waals surface area (Å²) in [5, 5.41) is 4.03. The molecule has 15 heavy (non-hydrogen) atoms. The van der Waals surface area contributed by atoms with Gasteiger partial charge in [-0.05, 0) is 38.5 Å². The fourth-order valence-electron chi connectivity index (χ4n) is 1.38. The highest BCUT2D eigenvalue weighted by atomic mass is 79.9. The third kappa shape index (κ3) is 10.2. The van der Waals surface area contributed by atoms with Gasteiger partial charge in [-0.25, -0.2) is 0 Å². The van der Waals surface area contributed by atoms with Crippen molar-refractivity contribution in [1.82, 2.24) is 5.32 Å². The molecule has 1 unspecified atom stereocenters. The largest absolute Gasteiger partial charge is 0.354 e. The molecule has 0 aliphatic rings. The summed E-state index contributed by atoms with van der Waals surface area (Å²) >= 11 is 3.36. The molecule has 0 aromatic heterocycles. The summed E-state index contributed by atoms with van der Waals surface area (Å²) in [7, 11) is 0. The van der Waals surface area contributed by atoms with E-state index in [4.69, 9.17) is 0 Å². The number of nitrogens with one attached hydrogen (secondary N) is 1. The zero-order chi connectivity index (χ0) is 11.7. The minimum Gasteiger partial charge on any atom is -0.354 e. The Labute approximate surface area is 102 Å². The molecule has 0 aliphatic heterocycles. The molecule has 0 radical (unpaired) electrons. The van der Waals surface area contributed by atoms with Crippen LogP contribution in [0.3, 0.4) is 0 Å². The number of carbonyl (C=O) groups is 1. The number of unbranched alkanes of at least 4 members (excludes halogenated alkanes) is 1. The maximum Gasteiger partial charge on any atom is 0.220 e. The molecular weight excluding hydrogens is 254 g/mol. The number of hydrogen-bond acceptors (Lipinski definition) is 1. The lowest BCUT2D eigenvalue weighted by Crippen LogP contribution is -2.32. The summed E-state index contributed by atoms with van der Waals surface area (Å²) < 4.78 is 0. The molecule has 0 rings (SSSR count). The lowest BCUT2D eigenvalue weighted by atomic mass is 10.0. The Kier molecular flexibility index (Phi) is 9.17. The second-order valence-electron chi connectivity index (χ2n) is 4.59. The average molecular weight is 278 g/mol. The first-order valence-electron chi connectivity index (χ1n) is 5.91. The van der Waals surface area contributed by atoms with Gasteiger partial charge in [-0.1, -0.05) is 29.8 Å². The van der Waals surface area contributed by atoms with Crippen molar-refractivity contribution in [2.24, 2.45) is 5.92 Å². The third-order valence-corrected chi connectivity index (χ3v) is 2.93. The van der Waals surface area contributed by atoms with Crippen molar-refractivity contribution in [2.45, 2.75) is 58.9 Å². The summed E-state index contributed by atoms with van der Waals surface area (Å²) in [6, 6.07) is 0.323. The number of rotatable bonds is 8. The van der Waals surface area contributed by atoms with Crippen LogP contribution in [0.1, 0.15) is 52.9 Å². The highest BCUT2D eigenvalue weighted by Crippen LogP contribution is 2.07. The molecule has 0 spiro atoms. The predicted molar refractivity (Wildman–Crippen MR) is 69.3 cm³/mol. The van der Waals surface area contributed by atoms with Gasteiger partial charge in [0.25, 0.3) is 0 Å². The second kappa shape index (κ2) is 9.20. The topological polar surface area (TPSA) is 29.1 Å². The van der Waals surface area contributed by atoms with Gasteiger partial charge in [-0.15, -0.1) is 0 Å². The molecule has 1 N–H and O–H groups in total. The van der Waals surface area contributed by atoms with Crippen LogP contribution in [0.15, 0.2) is 0 Å². The Bertz CT molecular complexity index is 171. The highest BCUT2D eigenvalue weighted by molar-refractivity contribution is 9.09. The van der Waals surface area contributed by atoms with Crippen molar-refractivity contribution in [3.8, 4) is 0 Å². The van der Waals surface area contributed by atoms with Gasteiger partial charge in [-0.3, -0.25) is 4.79 Å². The van der Waals surface area contributed by atoms with Gasteiger partial charge >= 0.3 is 0 Å². The normalized spacial score (nSPS) is 12.9. The minimum atomic E-state index is 0.201. The second-order valence-corrected chi connectivity index (χ2v) is 5.38. The van der Waals surface area contributed by atoms with Gasteiger partial charge < -0.3 is 5.32 Å². The van der Waals surface area contributed by atoms with Crippen LogP contribution in [0.2, 0.25) is 0 Å². The SMILES string of the molecule is CC(C)CCC(C)NC(=O)CCCCBr. The zero-order valence-electron chi connectivity index (χ0n) is 10.2. The highest BCUT2D eigenvalue weighted by Gasteiger charge is 2.07. The van der Waals surface area contributed by atoms with E-state index >= 15 is 0 Å². The molecule has 0 aromatic rings. The van der Waals surface area contributed by atoms with Gasteiger partial charge in [0.15, 0.2) is 0 Å². The van der Waals surface area contributed by atoms with Crippen molar-refractivity contribution in [2.75, 3.05) is 5.33 Å². The average Bonchev–Trinajstić information content (AvgIpc) is 2.15. The molecule has 3 heteroatoms. The van der Waals surface area contributed by atoms with E-state index in [9.17, 15) is 4.79 Å². The molecule has 0 heterocycles. The predicted octanol–water partition coefficient (Wildman–Crippen LogP) is 3.49. The quantitative estimate of drug-likeness (QED) is 0.534. The molecule has 2 nitrogen and oxygen atoms in total. The number of carbonyl (C=O) groups excluding carboxylic acids is 1. The van der Waals surface area contributed by atoms with Crippen molar-refractivity contribution < 1.29 is 4.79 Å². The van der Waals surface area contributed by atoms with Crippen LogP contribution in [0.25, 0.3) is 0 Å². The van der Waals surface area contributed by atoms with E-state index in [2.05, 4.69) is 42.0 Å². The minimum absolute atomic E-state index is 0.201. The first-order chi connectivity index (χ1) is 7.06. The summed E-state index contributed by atoms with van der Waals surface area (Å²) in [5.74, 6) is 0.921. The van der Waals surface area contributed by atoms with Gasteiger partial charge in [-0.2, -0.15) is 0 Å². The molecule has 0 bridgehead atoms. The van der Waals surface area contributed by atoms with Crippen molar-refractivity contribution >= 4 is 21.8 Å². The van der Waals surface area contributed by atoms with Gasteiger partial charge in [0.05, 0.1) is 0 Å². The lowest BCUT2D eigenvalue weighted by molar-refractivity contribution is -0.121. The number of halogens is 1. The Hall–Kier alpha value is -0.0500. The van der Waals surface area contributed by atoms with E-state index in [1.54, 1.807) is 0 Å². The number of amides is 1. The molecule has 0 aromatic carbocycles. The molecule has 0 fully saturated rings. The molecule has 0 aliphatic carbocycles. The standard InChI is InChI=1S/C12H24BrNO/c1-10(2)7-8-11(3)14-12(15)6-4-5-9-13/h10-11H,4-9H2,1-3H3,(H,14,15). The molecular formula is C12H24BrNO. The van der Waals surface area contributed by atoms with Gasteiger partial charge in [0.1, 0.15) is 0 Å². The van der Waals surface area contributed by atoms with E-state index in [0.717, 1.165) is 30.5 Å². The van der Waals surface area contributed by atoms with Crippen LogP contribution in [-0.4, -0.2) is 17.3 Å². The zero-order valence-corrected chi connectivity index (χ0v) is 11.8. The Morgan fingerprint density at radius 2 is 1.87 bits per heavy atom. The van der Waals surface area contributed by atoms with Crippen molar-refractivity contribution in [3.63, 3.8) is 0 Å². The van der Waals surface area contributed by atoms with Crippen LogP contribution in [0.4, 0.5) is 0 Å². The first kappa shape index (κ1) is 14.9. The smallest absolute Gasteiger partial charge is 0.220 e. The summed E-state index contributed by atoms with van der Waals surface area (Å²) in [6.07, 6.45) is 4.99. The van der Waals surface area contributed by atoms with E-state index in [0.29, 0.717) is 12.5 Å². The first-order valence-corrected chi connectivity index (χ1v) is 7.03. The van der Waals surface area contributed by atoms with E-state index in [1.165, 1.54) is 6.42 Å². The van der Waals surface area contributed by atoms with Crippen LogP contribution in [0.5, 0.6) is 0 Å². The summed E-state index contributed by atoms with van der Waals surface area (Å²) in [4.78, 5) is 11.4. The van der Waals surface area contributed by atoms with E-state index in [-0.39, 0.29) is 5.91 Å². The molecule has 0 saturated carbocycles. The maximum absolute atomic E-state index is 11.4. The van der Waals surface area contributed by atoms with Crippen LogP contribution in [0, 0.1) is 5.92 Å².